The molecule has 1 aromatic carbocycles. The van der Waals surface area contributed by atoms with Crippen molar-refractivity contribution in [3.05, 3.63) is 58.9 Å². The number of benzene rings is 1. The third-order valence-electron chi connectivity index (χ3n) is 5.85. The number of nitrogens with one attached hydrogen (secondary N) is 1. The summed E-state index contributed by atoms with van der Waals surface area (Å²) in [6.07, 6.45) is 11.4. The largest absolute Gasteiger partial charge is 2.00 e. The second kappa shape index (κ2) is 15.9. The first-order chi connectivity index (χ1) is 13.4. The van der Waals surface area contributed by atoms with Gasteiger partial charge < -0.3 is 10.5 Å². The van der Waals surface area contributed by atoms with Crippen molar-refractivity contribution in [3.8, 4) is 0 Å². The number of carbonyl (C=O) groups excluding carboxylic acids is 1. The van der Waals surface area contributed by atoms with E-state index in [1.54, 1.807) is 0 Å². The molecule has 1 N–H and O–H groups in total. The quantitative estimate of drug-likeness (QED) is 0.382. The van der Waals surface area contributed by atoms with Crippen molar-refractivity contribution >= 4 is 20.6 Å². The Balaban J connectivity index is 0.000000404. The van der Waals surface area contributed by atoms with Crippen LogP contribution in [0.1, 0.15) is 72.6 Å². The first kappa shape index (κ1) is 28.1. The van der Waals surface area contributed by atoms with E-state index in [0.29, 0.717) is 15.4 Å². The second-order valence-corrected chi connectivity index (χ2v) is 9.15. The summed E-state index contributed by atoms with van der Waals surface area (Å²) < 4.78 is 0. The summed E-state index contributed by atoms with van der Waals surface area (Å²) in [4.78, 5) is 10.7. The smallest absolute Gasteiger partial charge is 0.668 e. The van der Waals surface area contributed by atoms with Crippen LogP contribution in [0.2, 0.25) is 6.55 Å². The van der Waals surface area contributed by atoms with Crippen molar-refractivity contribution in [1.29, 1.82) is 0 Å². The van der Waals surface area contributed by atoms with Gasteiger partial charge in [-0.15, -0.1) is 6.92 Å². The minimum Gasteiger partial charge on any atom is -0.668 e. The van der Waals surface area contributed by atoms with Crippen LogP contribution in [-0.2, 0) is 26.5 Å². The molecule has 1 aromatic rings. The molecule has 157 valence electrons. The minimum atomic E-state index is -0.341. The van der Waals surface area contributed by atoms with Crippen LogP contribution in [0, 0.1) is 17.9 Å². The summed E-state index contributed by atoms with van der Waals surface area (Å²) >= 11 is 0. The van der Waals surface area contributed by atoms with E-state index in [2.05, 4.69) is 70.6 Å². The van der Waals surface area contributed by atoms with Gasteiger partial charge in [0, 0.05) is 5.92 Å². The van der Waals surface area contributed by atoms with Gasteiger partial charge >= 0.3 is 21.7 Å². The Labute approximate surface area is 196 Å². The fourth-order valence-corrected chi connectivity index (χ4v) is 4.13. The Morgan fingerprint density at radius 3 is 1.83 bits per heavy atom. The Morgan fingerprint density at radius 1 is 1.00 bits per heavy atom. The molecule has 1 atom stereocenters. The molecule has 2 aliphatic rings. The van der Waals surface area contributed by atoms with Gasteiger partial charge in [-0.05, 0) is 12.8 Å². The molecule has 0 aliphatic heterocycles. The van der Waals surface area contributed by atoms with E-state index in [4.69, 9.17) is 5.73 Å². The topological polar surface area (TPSA) is 40.9 Å². The third-order valence-corrected chi connectivity index (χ3v) is 6.90. The molecule has 29 heavy (non-hydrogen) atoms. The maximum Gasteiger partial charge on any atom is 2.00 e. The van der Waals surface area contributed by atoms with Crippen LogP contribution in [0.5, 0.6) is 0 Å². The fourth-order valence-electron chi connectivity index (χ4n) is 3.53. The Hall–Kier alpha value is -0.899. The van der Waals surface area contributed by atoms with E-state index < -0.39 is 0 Å². The van der Waals surface area contributed by atoms with Crippen molar-refractivity contribution < 1.29 is 26.5 Å². The van der Waals surface area contributed by atoms with Gasteiger partial charge in [0.05, 0.1) is 15.4 Å². The first-order valence-electron chi connectivity index (χ1n) is 10.7. The molecule has 2 aliphatic carbocycles. The predicted molar refractivity (Wildman–Crippen MR) is 124 cm³/mol. The van der Waals surface area contributed by atoms with E-state index in [1.165, 1.54) is 41.2 Å². The normalized spacial score (nSPS) is 19.3. The van der Waals surface area contributed by atoms with Crippen molar-refractivity contribution in [2.45, 2.75) is 79.2 Å². The van der Waals surface area contributed by atoms with E-state index in [-0.39, 0.29) is 33.5 Å². The predicted octanol–water partition coefficient (Wildman–Crippen LogP) is 6.44. The zero-order valence-electron chi connectivity index (χ0n) is 19.0. The van der Waals surface area contributed by atoms with Crippen LogP contribution in [0.3, 0.4) is 0 Å². The van der Waals surface area contributed by atoms with Gasteiger partial charge in [-0.1, -0.05) is 101 Å². The Morgan fingerprint density at radius 2 is 1.52 bits per heavy atom. The van der Waals surface area contributed by atoms with E-state index in [1.807, 2.05) is 0 Å². The van der Waals surface area contributed by atoms with Crippen LogP contribution in [0.25, 0.3) is 5.73 Å². The SMILES string of the molecule is CC1=[C-]C(C)C(C)=C1C.C[SiH]c1ccccc1.[NH-]C(=O)C1CCCCCCC1.[Ti+2]. The summed E-state index contributed by atoms with van der Waals surface area (Å²) in [5.41, 5.74) is 11.2. The number of carbonyl (C=O) groups is 1. The monoisotopic (exact) mass is 444 g/mol. The molecule has 1 unspecified atom stereocenters. The average Bonchev–Trinajstić information content (AvgIpc) is 2.88. The van der Waals surface area contributed by atoms with E-state index in [0.717, 1.165) is 25.7 Å². The summed E-state index contributed by atoms with van der Waals surface area (Å²) in [6.45, 7) is 10.9. The van der Waals surface area contributed by atoms with Crippen LogP contribution >= 0.6 is 0 Å². The second-order valence-electron chi connectivity index (χ2n) is 7.90. The number of allylic oxidation sites excluding steroid dienone is 4. The van der Waals surface area contributed by atoms with Gasteiger partial charge in [0.1, 0.15) is 0 Å². The maximum atomic E-state index is 10.7. The molecule has 3 rings (SSSR count). The Kier molecular flexibility index (Phi) is 15.4. The molecule has 0 aromatic heterocycles. The van der Waals surface area contributed by atoms with Gasteiger partial charge in [-0.3, -0.25) is 6.08 Å². The third kappa shape index (κ3) is 11.2. The van der Waals surface area contributed by atoms with Crippen LogP contribution in [0.4, 0.5) is 0 Å². The number of rotatable bonds is 2. The molecule has 1 saturated carbocycles. The number of hydrogen-bond acceptors (Lipinski definition) is 1. The zero-order chi connectivity index (χ0) is 20.9. The van der Waals surface area contributed by atoms with Crippen LogP contribution in [0.15, 0.2) is 47.1 Å². The van der Waals surface area contributed by atoms with Crippen molar-refractivity contribution in [1.82, 2.24) is 0 Å². The van der Waals surface area contributed by atoms with Crippen LogP contribution < -0.4 is 5.19 Å². The molecule has 0 saturated heterocycles. The number of amides is 1. The molecular formula is C25H38NOSiTi. The van der Waals surface area contributed by atoms with Gasteiger partial charge in [0.2, 0.25) is 0 Å². The summed E-state index contributed by atoms with van der Waals surface area (Å²) in [7, 11) is 0.511. The van der Waals surface area contributed by atoms with Crippen LogP contribution in [-0.4, -0.2) is 15.4 Å². The van der Waals surface area contributed by atoms with Crippen molar-refractivity contribution in [2.75, 3.05) is 0 Å². The standard InChI is InChI=1S/C9H17NO.C9H13.C7H9Si.Ti/c10-9(11)8-6-4-2-1-3-5-7-8;1-6-5-7(2)9(4)8(6)3;1-8-7-5-3-2-4-6-7;/h8H,1-7H2,(H2,10,11);6H,1-4H3;2-6,8H,1H3;/q;-1;;+2/p-1. The number of hydrogen-bond donors (Lipinski definition) is 0. The Bertz CT molecular complexity index is 646. The maximum absolute atomic E-state index is 10.7. The van der Waals surface area contributed by atoms with Gasteiger partial charge in [0.25, 0.3) is 0 Å². The van der Waals surface area contributed by atoms with Crippen molar-refractivity contribution in [3.63, 3.8) is 0 Å². The summed E-state index contributed by atoms with van der Waals surface area (Å²) in [6, 6.07) is 10.6. The molecule has 4 heteroatoms. The molecular weight excluding hydrogens is 406 g/mol. The molecule has 2 nitrogen and oxygen atoms in total. The fraction of sp³-hybridized carbons (Fsp3) is 0.560. The molecule has 1 fully saturated rings. The molecule has 0 heterocycles. The first-order valence-corrected chi connectivity index (χ1v) is 12.5. The van der Waals surface area contributed by atoms with Gasteiger partial charge in [0.15, 0.2) is 0 Å². The van der Waals surface area contributed by atoms with Gasteiger partial charge in [-0.2, -0.15) is 11.1 Å². The molecule has 0 spiro atoms. The molecule has 1 radical (unpaired) electrons. The van der Waals surface area contributed by atoms with E-state index in [9.17, 15) is 4.79 Å². The van der Waals surface area contributed by atoms with Crippen molar-refractivity contribution in [2.24, 2.45) is 11.8 Å². The van der Waals surface area contributed by atoms with Gasteiger partial charge in [-0.25, -0.2) is 5.57 Å². The molecule has 0 bridgehead atoms. The summed E-state index contributed by atoms with van der Waals surface area (Å²) in [5, 5.41) is 1.49. The zero-order valence-corrected chi connectivity index (χ0v) is 21.7. The van der Waals surface area contributed by atoms with E-state index >= 15 is 0 Å². The summed E-state index contributed by atoms with van der Waals surface area (Å²) in [5.74, 6) is 0.284. The minimum absolute atomic E-state index is 0. The molecule has 1 amide bonds. The average molecular weight is 445 g/mol.